The van der Waals surface area contributed by atoms with Gasteiger partial charge in [0.25, 0.3) is 0 Å². The lowest BCUT2D eigenvalue weighted by Crippen LogP contribution is -2.33. The zero-order chi connectivity index (χ0) is 14.4. The fourth-order valence-corrected chi connectivity index (χ4v) is 2.32. The van der Waals surface area contributed by atoms with E-state index >= 15 is 0 Å². The predicted molar refractivity (Wildman–Crippen MR) is 79.0 cm³/mol. The average molecular weight is 293 g/mol. The van der Waals surface area contributed by atoms with Gasteiger partial charge in [0.2, 0.25) is 5.88 Å². The highest BCUT2D eigenvalue weighted by atomic mass is 32.1. The molecule has 0 saturated heterocycles. The van der Waals surface area contributed by atoms with Crippen molar-refractivity contribution in [3.63, 3.8) is 0 Å². The molecule has 0 aliphatic carbocycles. The number of nitrogens with zero attached hydrogens (tertiary/aromatic N) is 2. The van der Waals surface area contributed by atoms with Gasteiger partial charge in [0.15, 0.2) is 0 Å². The number of aromatic nitrogens is 2. The third-order valence-corrected chi connectivity index (χ3v) is 3.54. The summed E-state index contributed by atoms with van der Waals surface area (Å²) in [5.41, 5.74) is 2.48. The Bertz CT molecular complexity index is 519. The zero-order valence-corrected chi connectivity index (χ0v) is 12.4. The maximum absolute atomic E-state index is 9.88. The van der Waals surface area contributed by atoms with Gasteiger partial charge in [-0.15, -0.1) is 4.37 Å². The second kappa shape index (κ2) is 7.33. The van der Waals surface area contributed by atoms with Gasteiger partial charge in [-0.05, 0) is 25.0 Å². The Morgan fingerprint density at radius 3 is 2.90 bits per heavy atom. The molecule has 0 aliphatic rings. The van der Waals surface area contributed by atoms with E-state index in [1.807, 2.05) is 12.1 Å². The second-order valence-corrected chi connectivity index (χ2v) is 5.25. The first-order valence-electron chi connectivity index (χ1n) is 6.54. The molecule has 20 heavy (non-hydrogen) atoms. The SMILES string of the molecule is Cc1ccccc1C(C)NCC(O)COc1cnsn1. The van der Waals surface area contributed by atoms with Crippen molar-refractivity contribution in [1.29, 1.82) is 0 Å². The van der Waals surface area contributed by atoms with Crippen LogP contribution in [0.4, 0.5) is 0 Å². The number of aryl methyl sites for hydroxylation is 1. The van der Waals surface area contributed by atoms with Crippen molar-refractivity contribution in [3.05, 3.63) is 41.6 Å². The Morgan fingerprint density at radius 1 is 1.40 bits per heavy atom. The van der Waals surface area contributed by atoms with Crippen LogP contribution in [0.3, 0.4) is 0 Å². The Balaban J connectivity index is 1.75. The molecular weight excluding hydrogens is 274 g/mol. The normalized spacial score (nSPS) is 13.9. The topological polar surface area (TPSA) is 67.3 Å². The molecule has 5 nitrogen and oxygen atoms in total. The van der Waals surface area contributed by atoms with Gasteiger partial charge in [-0.3, -0.25) is 0 Å². The Hall–Kier alpha value is -1.50. The van der Waals surface area contributed by atoms with Gasteiger partial charge in [0, 0.05) is 12.6 Å². The molecule has 108 valence electrons. The Labute approximate surface area is 122 Å². The number of benzene rings is 1. The standard InChI is InChI=1S/C14H19N3O2S/c1-10-5-3-4-6-13(10)11(2)15-7-12(18)9-19-14-8-16-20-17-14/h3-6,8,11-12,15,18H,7,9H2,1-2H3. The van der Waals surface area contributed by atoms with E-state index in [4.69, 9.17) is 4.74 Å². The van der Waals surface area contributed by atoms with Crippen molar-refractivity contribution in [3.8, 4) is 5.88 Å². The summed E-state index contributed by atoms with van der Waals surface area (Å²) in [6, 6.07) is 8.41. The second-order valence-electron chi connectivity index (χ2n) is 4.70. The summed E-state index contributed by atoms with van der Waals surface area (Å²) < 4.78 is 13.1. The van der Waals surface area contributed by atoms with E-state index in [0.717, 1.165) is 11.7 Å². The van der Waals surface area contributed by atoms with Gasteiger partial charge in [-0.25, -0.2) is 0 Å². The first kappa shape index (κ1) is 14.9. The molecular formula is C14H19N3O2S. The van der Waals surface area contributed by atoms with Gasteiger partial charge in [0.05, 0.1) is 11.7 Å². The molecule has 2 aromatic rings. The van der Waals surface area contributed by atoms with Gasteiger partial charge in [-0.1, -0.05) is 24.3 Å². The number of rotatable bonds is 7. The molecule has 2 rings (SSSR count). The summed E-state index contributed by atoms with van der Waals surface area (Å²) in [6.07, 6.45) is 0.962. The monoisotopic (exact) mass is 293 g/mol. The molecule has 2 atom stereocenters. The van der Waals surface area contributed by atoms with E-state index < -0.39 is 6.10 Å². The van der Waals surface area contributed by atoms with E-state index in [-0.39, 0.29) is 12.6 Å². The van der Waals surface area contributed by atoms with E-state index in [2.05, 4.69) is 40.0 Å². The predicted octanol–water partition coefficient (Wildman–Crippen LogP) is 1.94. The van der Waals surface area contributed by atoms with Crippen molar-refractivity contribution in [2.45, 2.75) is 26.0 Å². The average Bonchev–Trinajstić information content (AvgIpc) is 2.96. The molecule has 0 fully saturated rings. The fourth-order valence-electron chi connectivity index (χ4n) is 1.96. The van der Waals surface area contributed by atoms with Crippen molar-refractivity contribution < 1.29 is 9.84 Å². The van der Waals surface area contributed by atoms with E-state index in [0.29, 0.717) is 12.4 Å². The first-order valence-corrected chi connectivity index (χ1v) is 7.27. The molecule has 0 bridgehead atoms. The molecule has 0 amide bonds. The van der Waals surface area contributed by atoms with Crippen LogP contribution in [0.15, 0.2) is 30.5 Å². The number of hydrogen-bond acceptors (Lipinski definition) is 6. The third-order valence-electron chi connectivity index (χ3n) is 3.08. The molecule has 2 N–H and O–H groups in total. The minimum absolute atomic E-state index is 0.187. The quantitative estimate of drug-likeness (QED) is 0.816. The third kappa shape index (κ3) is 4.26. The van der Waals surface area contributed by atoms with Crippen molar-refractivity contribution >= 4 is 11.7 Å². The van der Waals surface area contributed by atoms with Gasteiger partial charge in [0.1, 0.15) is 18.9 Å². The summed E-state index contributed by atoms with van der Waals surface area (Å²) in [7, 11) is 0. The van der Waals surface area contributed by atoms with Crippen LogP contribution >= 0.6 is 11.7 Å². The highest BCUT2D eigenvalue weighted by Crippen LogP contribution is 2.16. The summed E-state index contributed by atoms with van der Waals surface area (Å²) in [5, 5.41) is 13.2. The number of ether oxygens (including phenoxy) is 1. The van der Waals surface area contributed by atoms with Crippen LogP contribution in [0.5, 0.6) is 5.88 Å². The molecule has 1 aromatic heterocycles. The molecule has 0 aliphatic heterocycles. The number of nitrogens with one attached hydrogen (secondary N) is 1. The summed E-state index contributed by atoms with van der Waals surface area (Å²) in [5.74, 6) is 0.459. The van der Waals surface area contributed by atoms with Gasteiger partial charge in [-0.2, -0.15) is 4.37 Å². The van der Waals surface area contributed by atoms with E-state index in [1.54, 1.807) is 6.20 Å². The molecule has 1 aromatic carbocycles. The Morgan fingerprint density at radius 2 is 2.20 bits per heavy atom. The lowest BCUT2D eigenvalue weighted by molar-refractivity contribution is 0.102. The van der Waals surface area contributed by atoms with Crippen LogP contribution < -0.4 is 10.1 Å². The smallest absolute Gasteiger partial charge is 0.245 e. The van der Waals surface area contributed by atoms with Gasteiger partial charge < -0.3 is 15.2 Å². The fraction of sp³-hybridized carbons (Fsp3) is 0.429. The number of hydrogen-bond donors (Lipinski definition) is 2. The summed E-state index contributed by atoms with van der Waals surface area (Å²) in [6.45, 7) is 4.84. The van der Waals surface area contributed by atoms with Crippen molar-refractivity contribution in [2.75, 3.05) is 13.2 Å². The van der Waals surface area contributed by atoms with Crippen LogP contribution in [-0.2, 0) is 0 Å². The van der Waals surface area contributed by atoms with Crippen LogP contribution in [0.1, 0.15) is 24.1 Å². The van der Waals surface area contributed by atoms with Crippen LogP contribution in [-0.4, -0.2) is 33.1 Å². The molecule has 6 heteroatoms. The highest BCUT2D eigenvalue weighted by molar-refractivity contribution is 6.99. The summed E-state index contributed by atoms with van der Waals surface area (Å²) in [4.78, 5) is 0. The molecule has 0 saturated carbocycles. The first-order chi connectivity index (χ1) is 9.66. The highest BCUT2D eigenvalue weighted by Gasteiger charge is 2.11. The van der Waals surface area contributed by atoms with Gasteiger partial charge >= 0.3 is 0 Å². The van der Waals surface area contributed by atoms with E-state index in [9.17, 15) is 5.11 Å². The molecule has 0 spiro atoms. The Kier molecular flexibility index (Phi) is 5.46. The van der Waals surface area contributed by atoms with Crippen molar-refractivity contribution in [2.24, 2.45) is 0 Å². The number of aliphatic hydroxyl groups excluding tert-OH is 1. The molecule has 1 heterocycles. The van der Waals surface area contributed by atoms with E-state index in [1.165, 1.54) is 11.1 Å². The zero-order valence-electron chi connectivity index (χ0n) is 11.6. The molecule has 0 radical (unpaired) electrons. The minimum Gasteiger partial charge on any atom is -0.473 e. The lowest BCUT2D eigenvalue weighted by atomic mass is 10.0. The van der Waals surface area contributed by atoms with Crippen LogP contribution in [0.25, 0.3) is 0 Å². The largest absolute Gasteiger partial charge is 0.473 e. The summed E-state index contributed by atoms with van der Waals surface area (Å²) >= 11 is 1.09. The maximum Gasteiger partial charge on any atom is 0.245 e. The van der Waals surface area contributed by atoms with Crippen LogP contribution in [0.2, 0.25) is 0 Å². The maximum atomic E-state index is 9.88. The number of aliphatic hydroxyl groups is 1. The van der Waals surface area contributed by atoms with Crippen LogP contribution in [0, 0.1) is 6.92 Å². The minimum atomic E-state index is -0.580. The van der Waals surface area contributed by atoms with Crippen molar-refractivity contribution in [1.82, 2.24) is 14.1 Å². The lowest BCUT2D eigenvalue weighted by Gasteiger charge is -2.19. The molecule has 2 unspecified atom stereocenters.